The van der Waals surface area contributed by atoms with Crippen LogP contribution in [-0.2, 0) is 7.05 Å². The highest BCUT2D eigenvalue weighted by atomic mass is 16.3. The number of hydrogen-bond acceptors (Lipinski definition) is 3. The van der Waals surface area contributed by atoms with Crippen LogP contribution < -0.4 is 11.1 Å². The molecule has 0 atom stereocenters. The van der Waals surface area contributed by atoms with Crippen LogP contribution in [0.25, 0.3) is 5.65 Å². The molecule has 0 aromatic carbocycles. The minimum Gasteiger partial charge on any atom is -0.503 e. The van der Waals surface area contributed by atoms with Crippen molar-refractivity contribution in [2.45, 2.75) is 0 Å². The Morgan fingerprint density at radius 2 is 2.15 bits per heavy atom. The molecule has 2 heterocycles. The van der Waals surface area contributed by atoms with Gasteiger partial charge < -0.3 is 5.11 Å². The van der Waals surface area contributed by atoms with Crippen molar-refractivity contribution in [3.63, 3.8) is 0 Å². The summed E-state index contributed by atoms with van der Waals surface area (Å²) in [6.07, 6.45) is 1.09. The number of nitrogens with one attached hydrogen (secondary N) is 1. The van der Waals surface area contributed by atoms with Crippen LogP contribution in [-0.4, -0.2) is 19.3 Å². The molecule has 0 spiro atoms. The summed E-state index contributed by atoms with van der Waals surface area (Å²) in [5.41, 5.74) is -0.498. The van der Waals surface area contributed by atoms with E-state index in [1.807, 2.05) is 0 Å². The highest BCUT2D eigenvalue weighted by Crippen LogP contribution is 1.99. The Morgan fingerprint density at radius 1 is 1.46 bits per heavy atom. The zero-order valence-corrected chi connectivity index (χ0v) is 6.81. The van der Waals surface area contributed by atoms with Gasteiger partial charge in [0.05, 0.1) is 6.20 Å². The molecule has 0 aliphatic carbocycles. The monoisotopic (exact) mass is 181 g/mol. The highest BCUT2D eigenvalue weighted by Gasteiger charge is 2.04. The van der Waals surface area contributed by atoms with Crippen LogP contribution in [0.15, 0.2) is 21.9 Å². The minimum atomic E-state index is -0.512. The van der Waals surface area contributed by atoms with Gasteiger partial charge in [-0.15, -0.1) is 0 Å². The topological polar surface area (TPSA) is 79.5 Å². The van der Waals surface area contributed by atoms with Gasteiger partial charge in [0.1, 0.15) is 5.65 Å². The number of hydrogen-bond donors (Lipinski definition) is 2. The van der Waals surface area contributed by atoms with E-state index in [9.17, 15) is 9.59 Å². The van der Waals surface area contributed by atoms with Gasteiger partial charge in [-0.3, -0.25) is 9.89 Å². The number of pyridine rings is 1. The molecule has 2 aromatic heterocycles. The lowest BCUT2D eigenvalue weighted by Gasteiger charge is -1.90. The van der Waals surface area contributed by atoms with E-state index in [1.54, 1.807) is 0 Å². The number of fused-ring (bicyclic) bond motifs is 1. The minimum absolute atomic E-state index is 0.342. The fraction of sp³-hybridized carbons (Fsp3) is 0.143. The fourth-order valence-corrected chi connectivity index (χ4v) is 1.15. The van der Waals surface area contributed by atoms with Crippen molar-refractivity contribution in [1.29, 1.82) is 0 Å². The average Bonchev–Trinajstić information content (AvgIpc) is 2.32. The summed E-state index contributed by atoms with van der Waals surface area (Å²) >= 11 is 0. The molecule has 0 saturated heterocycles. The first-order valence-electron chi connectivity index (χ1n) is 3.60. The number of rotatable bonds is 0. The SMILES string of the molecule is Cn1[nH]c2cc(=O)c(O)cn2c1=O. The maximum atomic E-state index is 11.3. The lowest BCUT2D eigenvalue weighted by atomic mass is 10.4. The Labute approximate surface area is 71.6 Å². The standard InChI is InChI=1S/C7H7N3O3/c1-9-7(13)10-3-5(12)4(11)2-6(10)8-9/h2-3,8,12H,1H3. The molecule has 0 amide bonds. The van der Waals surface area contributed by atoms with Gasteiger partial charge in [0.2, 0.25) is 5.43 Å². The Morgan fingerprint density at radius 3 is 2.85 bits per heavy atom. The van der Waals surface area contributed by atoms with E-state index in [2.05, 4.69) is 5.10 Å². The molecular weight excluding hydrogens is 174 g/mol. The zero-order chi connectivity index (χ0) is 9.59. The molecule has 68 valence electrons. The number of aromatic nitrogens is 3. The third kappa shape index (κ3) is 0.952. The second-order valence-electron chi connectivity index (χ2n) is 2.73. The largest absolute Gasteiger partial charge is 0.503 e. The van der Waals surface area contributed by atoms with E-state index >= 15 is 0 Å². The number of nitrogens with zero attached hydrogens (tertiary/aromatic N) is 2. The molecule has 0 bridgehead atoms. The third-order valence-corrected chi connectivity index (χ3v) is 1.81. The van der Waals surface area contributed by atoms with Gasteiger partial charge in [-0.05, 0) is 0 Å². The summed E-state index contributed by atoms with van der Waals surface area (Å²) < 4.78 is 2.38. The summed E-state index contributed by atoms with van der Waals surface area (Å²) in [5, 5.41) is 11.7. The van der Waals surface area contributed by atoms with Crippen LogP contribution in [0.2, 0.25) is 0 Å². The molecule has 6 nitrogen and oxygen atoms in total. The highest BCUT2D eigenvalue weighted by molar-refractivity contribution is 5.39. The first-order valence-corrected chi connectivity index (χ1v) is 3.60. The van der Waals surface area contributed by atoms with Crippen molar-refractivity contribution in [3.8, 4) is 5.75 Å². The first kappa shape index (κ1) is 7.66. The van der Waals surface area contributed by atoms with Gasteiger partial charge in [-0.2, -0.15) is 0 Å². The van der Waals surface area contributed by atoms with E-state index in [0.29, 0.717) is 5.65 Å². The average molecular weight is 181 g/mol. The Bertz CT molecular complexity index is 575. The third-order valence-electron chi connectivity index (χ3n) is 1.81. The lowest BCUT2D eigenvalue weighted by Crippen LogP contribution is -2.18. The van der Waals surface area contributed by atoms with Gasteiger partial charge >= 0.3 is 5.69 Å². The van der Waals surface area contributed by atoms with Crippen LogP contribution in [0.5, 0.6) is 5.75 Å². The molecule has 2 aromatic rings. The molecule has 0 fully saturated rings. The number of aryl methyl sites for hydroxylation is 1. The van der Waals surface area contributed by atoms with E-state index in [4.69, 9.17) is 5.11 Å². The second-order valence-corrected chi connectivity index (χ2v) is 2.73. The lowest BCUT2D eigenvalue weighted by molar-refractivity contribution is 0.466. The quantitative estimate of drug-likeness (QED) is 0.549. The summed E-state index contributed by atoms with van der Waals surface area (Å²) in [7, 11) is 1.52. The number of aromatic hydroxyl groups is 1. The molecule has 2 rings (SSSR count). The molecule has 0 aliphatic rings. The van der Waals surface area contributed by atoms with Crippen LogP contribution in [0, 0.1) is 0 Å². The van der Waals surface area contributed by atoms with Gasteiger partial charge in [0.25, 0.3) is 0 Å². The van der Waals surface area contributed by atoms with Crippen molar-refractivity contribution in [1.82, 2.24) is 14.2 Å². The van der Waals surface area contributed by atoms with E-state index < -0.39 is 11.2 Å². The molecule has 6 heteroatoms. The molecule has 0 saturated carbocycles. The molecule has 2 N–H and O–H groups in total. The normalized spacial score (nSPS) is 10.8. The van der Waals surface area contributed by atoms with Gasteiger partial charge in [0, 0.05) is 13.1 Å². The smallest absolute Gasteiger partial charge is 0.348 e. The predicted octanol–water partition coefficient (Wildman–Crippen LogP) is -0.968. The van der Waals surface area contributed by atoms with Gasteiger partial charge in [-0.25, -0.2) is 13.9 Å². The molecule has 0 unspecified atom stereocenters. The summed E-state index contributed by atoms with van der Waals surface area (Å²) in [4.78, 5) is 22.2. The van der Waals surface area contributed by atoms with Crippen molar-refractivity contribution in [2.75, 3.05) is 0 Å². The van der Waals surface area contributed by atoms with Gasteiger partial charge in [-0.1, -0.05) is 0 Å². The second kappa shape index (κ2) is 2.25. The van der Waals surface area contributed by atoms with E-state index in [0.717, 1.165) is 16.7 Å². The number of H-pyrrole nitrogens is 1. The zero-order valence-electron chi connectivity index (χ0n) is 6.81. The number of aromatic amines is 1. The Hall–Kier alpha value is -1.98. The molecule has 0 radical (unpaired) electrons. The summed E-state index contributed by atoms with van der Waals surface area (Å²) in [6, 6.07) is 1.16. The van der Waals surface area contributed by atoms with Crippen molar-refractivity contribution < 1.29 is 5.11 Å². The van der Waals surface area contributed by atoms with Crippen molar-refractivity contribution >= 4 is 5.65 Å². The summed E-state index contributed by atoms with van der Waals surface area (Å²) in [5.74, 6) is -0.436. The summed E-state index contributed by atoms with van der Waals surface area (Å²) in [6.45, 7) is 0. The van der Waals surface area contributed by atoms with Crippen LogP contribution in [0.1, 0.15) is 0 Å². The molecule has 0 aliphatic heterocycles. The van der Waals surface area contributed by atoms with E-state index in [1.165, 1.54) is 11.7 Å². The first-order chi connectivity index (χ1) is 6.09. The molecular formula is C7H7N3O3. The fourth-order valence-electron chi connectivity index (χ4n) is 1.15. The molecule has 13 heavy (non-hydrogen) atoms. The van der Waals surface area contributed by atoms with Crippen molar-refractivity contribution in [2.24, 2.45) is 7.05 Å². The van der Waals surface area contributed by atoms with Crippen molar-refractivity contribution in [3.05, 3.63) is 33.0 Å². The maximum Gasteiger partial charge on any atom is 0.348 e. The maximum absolute atomic E-state index is 11.3. The Balaban J connectivity index is 3.06. The van der Waals surface area contributed by atoms with Crippen LogP contribution in [0.4, 0.5) is 0 Å². The Kier molecular flexibility index (Phi) is 1.33. The van der Waals surface area contributed by atoms with Gasteiger partial charge in [0.15, 0.2) is 5.75 Å². The van der Waals surface area contributed by atoms with Crippen LogP contribution in [0.3, 0.4) is 0 Å². The predicted molar refractivity (Wildman–Crippen MR) is 44.9 cm³/mol. The van der Waals surface area contributed by atoms with E-state index in [-0.39, 0.29) is 5.69 Å². The van der Waals surface area contributed by atoms with Crippen LogP contribution >= 0.6 is 0 Å².